The SMILES string of the molecule is CC(C)C1=CC2OC23C(O)C(CC2C4=C(CCC23C)C(=O)OC4)C1=O. The zero-order chi connectivity index (χ0) is 17.7. The molecule has 3 aliphatic carbocycles. The highest BCUT2D eigenvalue weighted by molar-refractivity contribution is 5.99. The first-order valence-electron chi connectivity index (χ1n) is 9.32. The summed E-state index contributed by atoms with van der Waals surface area (Å²) in [5, 5.41) is 11.1. The Kier molecular flexibility index (Phi) is 2.92. The highest BCUT2D eigenvalue weighted by Crippen LogP contribution is 2.69. The number of esters is 1. The van der Waals surface area contributed by atoms with Crippen LogP contribution in [0, 0.1) is 23.2 Å². The van der Waals surface area contributed by atoms with Crippen molar-refractivity contribution in [2.24, 2.45) is 23.2 Å². The van der Waals surface area contributed by atoms with Crippen molar-refractivity contribution < 1.29 is 24.2 Å². The lowest BCUT2D eigenvalue weighted by Gasteiger charge is -2.53. The topological polar surface area (TPSA) is 76.1 Å². The normalized spacial score (nSPS) is 47.6. The van der Waals surface area contributed by atoms with Crippen LogP contribution in [0.4, 0.5) is 0 Å². The monoisotopic (exact) mass is 344 g/mol. The summed E-state index contributed by atoms with van der Waals surface area (Å²) in [6.45, 7) is 6.53. The van der Waals surface area contributed by atoms with Crippen molar-refractivity contribution in [3.05, 3.63) is 22.8 Å². The number of hydrogen-bond donors (Lipinski definition) is 1. The van der Waals surface area contributed by atoms with E-state index in [0.29, 0.717) is 19.4 Å². The number of aliphatic hydroxyl groups is 1. The second-order valence-corrected chi connectivity index (χ2v) is 8.81. The number of ether oxygens (including phenoxy) is 2. The van der Waals surface area contributed by atoms with Gasteiger partial charge in [0, 0.05) is 11.0 Å². The minimum atomic E-state index is -0.779. The Morgan fingerprint density at radius 1 is 1.32 bits per heavy atom. The lowest BCUT2D eigenvalue weighted by Crippen LogP contribution is -2.60. The van der Waals surface area contributed by atoms with Crippen molar-refractivity contribution >= 4 is 11.8 Å². The molecule has 5 aliphatic rings. The fraction of sp³-hybridized carbons (Fsp3) is 0.700. The fourth-order valence-electron chi connectivity index (χ4n) is 6.07. The van der Waals surface area contributed by atoms with Gasteiger partial charge in [0.2, 0.25) is 0 Å². The molecule has 25 heavy (non-hydrogen) atoms. The number of Topliss-reactive ketones (excluding diaryl/α,β-unsaturated/α-hetero) is 1. The lowest BCUT2D eigenvalue weighted by molar-refractivity contribution is -0.141. The fourth-order valence-corrected chi connectivity index (χ4v) is 6.07. The highest BCUT2D eigenvalue weighted by atomic mass is 16.6. The van der Waals surface area contributed by atoms with E-state index in [2.05, 4.69) is 6.92 Å². The van der Waals surface area contributed by atoms with Gasteiger partial charge in [0.15, 0.2) is 5.78 Å². The number of ketones is 1. The van der Waals surface area contributed by atoms with Gasteiger partial charge >= 0.3 is 5.97 Å². The molecular weight excluding hydrogens is 320 g/mol. The van der Waals surface area contributed by atoms with E-state index in [1.807, 2.05) is 19.9 Å². The second-order valence-electron chi connectivity index (χ2n) is 8.81. The van der Waals surface area contributed by atoms with Gasteiger partial charge in [0.05, 0.1) is 12.0 Å². The Hall–Kier alpha value is -1.46. The average molecular weight is 344 g/mol. The maximum atomic E-state index is 13.1. The van der Waals surface area contributed by atoms with Crippen LogP contribution in [0.15, 0.2) is 22.8 Å². The molecule has 0 aromatic carbocycles. The molecule has 5 rings (SSSR count). The van der Waals surface area contributed by atoms with Crippen LogP contribution in [0.5, 0.6) is 0 Å². The Bertz CT molecular complexity index is 762. The van der Waals surface area contributed by atoms with Crippen molar-refractivity contribution in [2.45, 2.75) is 57.8 Å². The maximum Gasteiger partial charge on any atom is 0.334 e. The Morgan fingerprint density at radius 2 is 2.08 bits per heavy atom. The van der Waals surface area contributed by atoms with Gasteiger partial charge in [0.1, 0.15) is 18.3 Å². The van der Waals surface area contributed by atoms with Crippen LogP contribution < -0.4 is 0 Å². The molecule has 0 radical (unpaired) electrons. The first-order valence-corrected chi connectivity index (χ1v) is 9.32. The third-order valence-electron chi connectivity index (χ3n) is 7.54. The van der Waals surface area contributed by atoms with E-state index in [4.69, 9.17) is 9.47 Å². The van der Waals surface area contributed by atoms with E-state index in [9.17, 15) is 14.7 Å². The predicted octanol–water partition coefficient (Wildman–Crippen LogP) is 1.94. The number of hydrogen-bond acceptors (Lipinski definition) is 5. The molecule has 1 saturated carbocycles. The van der Waals surface area contributed by atoms with Gasteiger partial charge in [0.25, 0.3) is 0 Å². The van der Waals surface area contributed by atoms with Crippen molar-refractivity contribution in [1.29, 1.82) is 0 Å². The molecule has 2 heterocycles. The van der Waals surface area contributed by atoms with Crippen LogP contribution >= 0.6 is 0 Å². The molecule has 2 aliphatic heterocycles. The summed E-state index contributed by atoms with van der Waals surface area (Å²) in [7, 11) is 0. The van der Waals surface area contributed by atoms with Crippen LogP contribution in [0.25, 0.3) is 0 Å². The van der Waals surface area contributed by atoms with E-state index >= 15 is 0 Å². The van der Waals surface area contributed by atoms with Gasteiger partial charge in [-0.3, -0.25) is 4.79 Å². The Balaban J connectivity index is 1.66. The minimum absolute atomic E-state index is 0.0534. The molecule has 6 unspecified atom stereocenters. The first kappa shape index (κ1) is 15.8. The first-order chi connectivity index (χ1) is 11.8. The molecule has 5 nitrogen and oxygen atoms in total. The summed E-state index contributed by atoms with van der Waals surface area (Å²) < 4.78 is 11.5. The summed E-state index contributed by atoms with van der Waals surface area (Å²) >= 11 is 0. The van der Waals surface area contributed by atoms with Gasteiger partial charge in [-0.2, -0.15) is 0 Å². The molecule has 1 saturated heterocycles. The number of rotatable bonds is 1. The predicted molar refractivity (Wildman–Crippen MR) is 88.5 cm³/mol. The minimum Gasteiger partial charge on any atom is -0.458 e. The zero-order valence-corrected chi connectivity index (χ0v) is 14.9. The number of fused-ring (bicyclic) bond motifs is 3. The largest absolute Gasteiger partial charge is 0.458 e. The van der Waals surface area contributed by atoms with Crippen LogP contribution in [0.3, 0.4) is 0 Å². The molecule has 1 N–H and O–H groups in total. The summed E-state index contributed by atoms with van der Waals surface area (Å²) in [6, 6.07) is 0. The van der Waals surface area contributed by atoms with Crippen LogP contribution in [-0.2, 0) is 19.1 Å². The van der Waals surface area contributed by atoms with Crippen LogP contribution in [0.1, 0.15) is 40.0 Å². The van der Waals surface area contributed by atoms with E-state index in [1.165, 1.54) is 0 Å². The Morgan fingerprint density at radius 3 is 2.80 bits per heavy atom. The van der Waals surface area contributed by atoms with E-state index in [-0.39, 0.29) is 35.1 Å². The molecule has 0 amide bonds. The number of cyclic esters (lactones) is 1. The third kappa shape index (κ3) is 1.67. The van der Waals surface area contributed by atoms with Crippen molar-refractivity contribution in [3.63, 3.8) is 0 Å². The molecule has 2 fully saturated rings. The van der Waals surface area contributed by atoms with E-state index in [1.54, 1.807) is 0 Å². The second kappa shape index (κ2) is 4.63. The van der Waals surface area contributed by atoms with Gasteiger partial charge in [-0.25, -0.2) is 4.79 Å². The van der Waals surface area contributed by atoms with Crippen molar-refractivity contribution in [2.75, 3.05) is 6.61 Å². The maximum absolute atomic E-state index is 13.1. The van der Waals surface area contributed by atoms with Gasteiger partial charge in [-0.1, -0.05) is 20.8 Å². The molecule has 0 aromatic rings. The summed E-state index contributed by atoms with van der Waals surface area (Å²) in [6.07, 6.45) is 3.01. The molecule has 2 bridgehead atoms. The van der Waals surface area contributed by atoms with E-state index in [0.717, 1.165) is 23.1 Å². The molecule has 1 spiro atoms. The molecule has 0 aromatic heterocycles. The molecular formula is C20H24O5. The average Bonchev–Trinajstić information content (AvgIpc) is 3.19. The van der Waals surface area contributed by atoms with Crippen molar-refractivity contribution in [3.8, 4) is 0 Å². The number of carbonyl (C=O) groups is 2. The number of epoxide rings is 1. The van der Waals surface area contributed by atoms with Crippen LogP contribution in [0.2, 0.25) is 0 Å². The number of aliphatic hydroxyl groups excluding tert-OH is 1. The summed E-state index contributed by atoms with van der Waals surface area (Å²) in [5.41, 5.74) is 1.66. The van der Waals surface area contributed by atoms with Crippen LogP contribution in [-0.4, -0.2) is 41.3 Å². The summed E-state index contributed by atoms with van der Waals surface area (Å²) in [5.74, 6) is -0.435. The van der Waals surface area contributed by atoms with Crippen molar-refractivity contribution in [1.82, 2.24) is 0 Å². The van der Waals surface area contributed by atoms with Gasteiger partial charge in [-0.05, 0) is 48.3 Å². The smallest absolute Gasteiger partial charge is 0.334 e. The Labute approximate surface area is 147 Å². The lowest BCUT2D eigenvalue weighted by atomic mass is 9.50. The number of allylic oxidation sites excluding steroid dienone is 1. The standard InChI is InChI=1S/C20H24O5/c1-9(2)11-7-15-20(25-15)17(22)12(16(11)21)6-14-13-8-24-18(23)10(13)4-5-19(14,20)3/h7,9,12,14-15,17,22H,4-6,8H2,1-3H3. The molecule has 5 heteroatoms. The highest BCUT2D eigenvalue weighted by Gasteiger charge is 2.77. The zero-order valence-electron chi connectivity index (χ0n) is 14.9. The number of carbonyl (C=O) groups excluding carboxylic acids is 2. The molecule has 6 atom stereocenters. The van der Waals surface area contributed by atoms with E-state index < -0.39 is 17.6 Å². The van der Waals surface area contributed by atoms with Gasteiger partial charge < -0.3 is 14.6 Å². The van der Waals surface area contributed by atoms with Gasteiger partial charge in [-0.15, -0.1) is 0 Å². The third-order valence-corrected chi connectivity index (χ3v) is 7.54. The summed E-state index contributed by atoms with van der Waals surface area (Å²) in [4.78, 5) is 25.1. The molecule has 134 valence electrons. The quantitative estimate of drug-likeness (QED) is 0.581.